The highest BCUT2D eigenvalue weighted by atomic mass is 16.1. The fraction of sp³-hybridized carbons (Fsp3) is 0.583. The summed E-state index contributed by atoms with van der Waals surface area (Å²) in [5.74, 6) is 0.572. The summed E-state index contributed by atoms with van der Waals surface area (Å²) in [6, 6.07) is 2.99. The van der Waals surface area contributed by atoms with E-state index in [2.05, 4.69) is 15.4 Å². The lowest BCUT2D eigenvalue weighted by molar-refractivity contribution is 0.258. The van der Waals surface area contributed by atoms with Crippen molar-refractivity contribution in [1.29, 1.82) is 5.53 Å². The van der Waals surface area contributed by atoms with Gasteiger partial charge in [0.15, 0.2) is 5.84 Å². The topological polar surface area (TPSA) is 136 Å². The first-order chi connectivity index (χ1) is 9.65. The molecule has 1 aromatic rings. The van der Waals surface area contributed by atoms with E-state index in [4.69, 9.17) is 17.0 Å². The lowest BCUT2D eigenvalue weighted by atomic mass is 9.86. The standard InChI is InChI=1S/C12H19N7O/c13-7-8-1-3-9(4-2-8)19-11(20)6-5-10(17-19)12(14)16-18-15/h5-6,8-9H,1-4,7,13H2,(H3,14,15,16). The molecule has 0 aliphatic heterocycles. The predicted octanol–water partition coefficient (Wildman–Crippen LogP) is 0.585. The summed E-state index contributed by atoms with van der Waals surface area (Å²) < 4.78 is 1.47. The second-order valence-corrected chi connectivity index (χ2v) is 5.00. The minimum atomic E-state index is -0.152. The lowest BCUT2D eigenvalue weighted by Crippen LogP contribution is -2.33. The zero-order valence-corrected chi connectivity index (χ0v) is 11.2. The zero-order chi connectivity index (χ0) is 14.5. The normalized spacial score (nSPS) is 23.6. The Morgan fingerprint density at radius 3 is 2.70 bits per heavy atom. The number of nitrogens with one attached hydrogen (secondary N) is 1. The molecule has 1 aliphatic carbocycles. The number of rotatable bonds is 4. The van der Waals surface area contributed by atoms with Crippen molar-refractivity contribution in [3.05, 3.63) is 28.2 Å². The van der Waals surface area contributed by atoms with Crippen LogP contribution in [0.3, 0.4) is 0 Å². The molecule has 2 rings (SSSR count). The van der Waals surface area contributed by atoms with Gasteiger partial charge in [-0.1, -0.05) is 5.22 Å². The van der Waals surface area contributed by atoms with Gasteiger partial charge in [0, 0.05) is 6.07 Å². The molecule has 1 heterocycles. The molecule has 108 valence electrons. The lowest BCUT2D eigenvalue weighted by Gasteiger charge is -2.28. The minimum absolute atomic E-state index is 0.0318. The molecule has 0 unspecified atom stereocenters. The van der Waals surface area contributed by atoms with E-state index in [0.717, 1.165) is 25.7 Å². The number of hydrogen-bond acceptors (Lipinski definition) is 5. The van der Waals surface area contributed by atoms with Crippen LogP contribution in [0, 0.1) is 11.4 Å². The van der Waals surface area contributed by atoms with Gasteiger partial charge in [-0.3, -0.25) is 4.79 Å². The van der Waals surface area contributed by atoms with Crippen LogP contribution in [0.1, 0.15) is 37.4 Å². The van der Waals surface area contributed by atoms with Crippen LogP contribution in [-0.4, -0.2) is 22.2 Å². The van der Waals surface area contributed by atoms with Crippen molar-refractivity contribution in [1.82, 2.24) is 9.78 Å². The first-order valence-electron chi connectivity index (χ1n) is 6.66. The molecule has 1 saturated carbocycles. The molecule has 1 aliphatic rings. The van der Waals surface area contributed by atoms with Gasteiger partial charge in [0.05, 0.1) is 6.04 Å². The number of nitrogens with two attached hydrogens (primary N) is 2. The Hall–Kier alpha value is -2.09. The fourth-order valence-corrected chi connectivity index (χ4v) is 2.55. The third kappa shape index (κ3) is 3.08. The average Bonchev–Trinajstić information content (AvgIpc) is 2.48. The molecule has 8 heteroatoms. The largest absolute Gasteiger partial charge is 0.380 e. The molecule has 0 spiro atoms. The van der Waals surface area contributed by atoms with E-state index in [1.807, 2.05) is 0 Å². The quantitative estimate of drug-likeness (QED) is 0.321. The summed E-state index contributed by atoms with van der Waals surface area (Å²) >= 11 is 0. The van der Waals surface area contributed by atoms with Crippen molar-refractivity contribution in [2.45, 2.75) is 31.7 Å². The van der Waals surface area contributed by atoms with Crippen molar-refractivity contribution in [2.24, 2.45) is 27.7 Å². The van der Waals surface area contributed by atoms with Crippen molar-refractivity contribution >= 4 is 5.84 Å². The maximum absolute atomic E-state index is 11.9. The summed E-state index contributed by atoms with van der Waals surface area (Å²) in [4.78, 5) is 11.9. The first-order valence-corrected chi connectivity index (χ1v) is 6.66. The second kappa shape index (κ2) is 6.38. The molecule has 5 N–H and O–H groups in total. The second-order valence-electron chi connectivity index (χ2n) is 5.00. The molecule has 0 amide bonds. The van der Waals surface area contributed by atoms with Crippen LogP contribution in [0.5, 0.6) is 0 Å². The van der Waals surface area contributed by atoms with Crippen LogP contribution in [0.4, 0.5) is 0 Å². The van der Waals surface area contributed by atoms with E-state index >= 15 is 0 Å². The minimum Gasteiger partial charge on any atom is -0.380 e. The molecule has 0 radical (unpaired) electrons. The van der Waals surface area contributed by atoms with E-state index in [9.17, 15) is 4.79 Å². The van der Waals surface area contributed by atoms with Crippen LogP contribution < -0.4 is 17.0 Å². The Morgan fingerprint density at radius 2 is 2.10 bits per heavy atom. The first kappa shape index (κ1) is 14.3. The van der Waals surface area contributed by atoms with Gasteiger partial charge in [-0.15, -0.1) is 5.10 Å². The third-order valence-corrected chi connectivity index (χ3v) is 3.74. The van der Waals surface area contributed by atoms with Gasteiger partial charge >= 0.3 is 0 Å². The SMILES string of the molecule is N=NN=C(N)c1ccc(=O)n(C2CCC(CN)CC2)n1. The highest BCUT2D eigenvalue weighted by molar-refractivity contribution is 5.95. The van der Waals surface area contributed by atoms with Crippen molar-refractivity contribution < 1.29 is 0 Å². The smallest absolute Gasteiger partial charge is 0.267 e. The van der Waals surface area contributed by atoms with Crippen molar-refractivity contribution in [3.63, 3.8) is 0 Å². The van der Waals surface area contributed by atoms with E-state index in [1.165, 1.54) is 16.8 Å². The van der Waals surface area contributed by atoms with Gasteiger partial charge in [-0.25, -0.2) is 4.68 Å². The summed E-state index contributed by atoms with van der Waals surface area (Å²) in [5.41, 5.74) is 18.2. The molecule has 0 bridgehead atoms. The van der Waals surface area contributed by atoms with Crippen LogP contribution in [0.25, 0.3) is 0 Å². The van der Waals surface area contributed by atoms with E-state index in [1.54, 1.807) is 0 Å². The van der Waals surface area contributed by atoms with Crippen molar-refractivity contribution in [2.75, 3.05) is 6.54 Å². The molecule has 0 aromatic carbocycles. The van der Waals surface area contributed by atoms with E-state index < -0.39 is 0 Å². The van der Waals surface area contributed by atoms with Gasteiger partial charge in [0.2, 0.25) is 0 Å². The van der Waals surface area contributed by atoms with Gasteiger partial charge in [0.1, 0.15) is 5.69 Å². The number of aromatic nitrogens is 2. The monoisotopic (exact) mass is 277 g/mol. The van der Waals surface area contributed by atoms with Crippen LogP contribution in [0.2, 0.25) is 0 Å². The summed E-state index contributed by atoms with van der Waals surface area (Å²) in [5, 5.41) is 10.5. The Bertz CT molecular complexity index is 557. The maximum Gasteiger partial charge on any atom is 0.267 e. The van der Waals surface area contributed by atoms with Crippen LogP contribution >= 0.6 is 0 Å². The Morgan fingerprint density at radius 1 is 1.40 bits per heavy atom. The summed E-state index contributed by atoms with van der Waals surface area (Å²) in [6.45, 7) is 0.694. The van der Waals surface area contributed by atoms with Gasteiger partial charge in [-0.2, -0.15) is 10.6 Å². The maximum atomic E-state index is 11.9. The molecule has 1 aromatic heterocycles. The average molecular weight is 277 g/mol. The van der Waals surface area contributed by atoms with Crippen LogP contribution in [-0.2, 0) is 0 Å². The summed E-state index contributed by atoms with van der Waals surface area (Å²) in [7, 11) is 0. The predicted molar refractivity (Wildman–Crippen MR) is 74.4 cm³/mol. The van der Waals surface area contributed by atoms with Crippen molar-refractivity contribution in [3.8, 4) is 0 Å². The number of nitrogens with zero attached hydrogens (tertiary/aromatic N) is 4. The van der Waals surface area contributed by atoms with E-state index in [0.29, 0.717) is 18.2 Å². The molecule has 0 atom stereocenters. The Balaban J connectivity index is 2.23. The molecule has 0 saturated heterocycles. The zero-order valence-electron chi connectivity index (χ0n) is 11.2. The van der Waals surface area contributed by atoms with Gasteiger partial charge < -0.3 is 11.5 Å². The highest BCUT2D eigenvalue weighted by Crippen LogP contribution is 2.30. The number of hydrogen-bond donors (Lipinski definition) is 3. The Labute approximate surface area is 116 Å². The molecule has 20 heavy (non-hydrogen) atoms. The number of amidine groups is 1. The fourth-order valence-electron chi connectivity index (χ4n) is 2.55. The van der Waals surface area contributed by atoms with Gasteiger partial charge in [-0.05, 0) is 44.2 Å². The highest BCUT2D eigenvalue weighted by Gasteiger charge is 2.23. The van der Waals surface area contributed by atoms with Crippen LogP contribution in [0.15, 0.2) is 27.3 Å². The summed E-state index contributed by atoms with van der Waals surface area (Å²) in [6.07, 6.45) is 3.78. The Kier molecular flexibility index (Phi) is 4.57. The molecular weight excluding hydrogens is 258 g/mol. The van der Waals surface area contributed by atoms with E-state index in [-0.39, 0.29) is 17.4 Å². The molecular formula is C12H19N7O. The third-order valence-electron chi connectivity index (χ3n) is 3.74. The molecule has 8 nitrogen and oxygen atoms in total. The molecule has 1 fully saturated rings. The van der Waals surface area contributed by atoms with Gasteiger partial charge in [0.25, 0.3) is 5.56 Å².